The van der Waals surface area contributed by atoms with Crippen molar-refractivity contribution < 1.29 is 4.74 Å². The summed E-state index contributed by atoms with van der Waals surface area (Å²) >= 11 is 0. The van der Waals surface area contributed by atoms with Crippen LogP contribution in [0.1, 0.15) is 25.7 Å². The van der Waals surface area contributed by atoms with Crippen LogP contribution in [0.15, 0.2) is 48.8 Å². The number of pyridine rings is 1. The van der Waals surface area contributed by atoms with Gasteiger partial charge in [0.05, 0.1) is 17.7 Å². The maximum absolute atomic E-state index is 6.11. The molecule has 132 valence electrons. The van der Waals surface area contributed by atoms with Crippen molar-refractivity contribution in [1.82, 2.24) is 15.0 Å². The highest BCUT2D eigenvalue weighted by Crippen LogP contribution is 2.35. The smallest absolute Gasteiger partial charge is 0.162 e. The minimum absolute atomic E-state index is 0.329. The molecule has 0 N–H and O–H groups in total. The summed E-state index contributed by atoms with van der Waals surface area (Å²) in [4.78, 5) is 16.4. The highest BCUT2D eigenvalue weighted by atomic mass is 16.5. The average Bonchev–Trinajstić information content (AvgIpc) is 3.07. The number of nitrogens with zero attached hydrogens (tertiary/aromatic N) is 4. The zero-order chi connectivity index (χ0) is 17.3. The topological polar surface area (TPSA) is 51.1 Å². The lowest BCUT2D eigenvalue weighted by atomic mass is 10.1. The summed E-state index contributed by atoms with van der Waals surface area (Å²) in [5.41, 5.74) is 1.99. The third kappa shape index (κ3) is 2.72. The van der Waals surface area contributed by atoms with Crippen molar-refractivity contribution in [2.24, 2.45) is 0 Å². The lowest BCUT2D eigenvalue weighted by molar-refractivity contribution is 0.0591. The fraction of sp³-hybridized carbons (Fsp3) is 0.381. The summed E-state index contributed by atoms with van der Waals surface area (Å²) in [6.45, 7) is 1.83. The lowest BCUT2D eigenvalue weighted by Crippen LogP contribution is -2.40. The number of aromatic nitrogens is 3. The first-order chi connectivity index (χ1) is 12.9. The fourth-order valence-electron chi connectivity index (χ4n) is 4.26. The van der Waals surface area contributed by atoms with E-state index in [9.17, 15) is 0 Å². The molecule has 1 aliphatic carbocycles. The minimum Gasteiger partial charge on any atom is -0.376 e. The van der Waals surface area contributed by atoms with Gasteiger partial charge < -0.3 is 9.64 Å². The molecule has 1 aromatic carbocycles. The first-order valence-corrected chi connectivity index (χ1v) is 9.45. The van der Waals surface area contributed by atoms with Gasteiger partial charge in [-0.1, -0.05) is 12.1 Å². The van der Waals surface area contributed by atoms with Gasteiger partial charge >= 0.3 is 0 Å². The fourth-order valence-corrected chi connectivity index (χ4v) is 4.26. The molecule has 3 aromatic rings. The van der Waals surface area contributed by atoms with Gasteiger partial charge in [-0.15, -0.1) is 0 Å². The zero-order valence-corrected chi connectivity index (χ0v) is 14.7. The van der Waals surface area contributed by atoms with Gasteiger partial charge in [0.1, 0.15) is 5.82 Å². The summed E-state index contributed by atoms with van der Waals surface area (Å²) in [5.74, 6) is 1.81. The van der Waals surface area contributed by atoms with Crippen molar-refractivity contribution in [3.05, 3.63) is 48.8 Å². The molecule has 2 atom stereocenters. The number of hydrogen-bond acceptors (Lipinski definition) is 5. The van der Waals surface area contributed by atoms with E-state index in [-0.39, 0.29) is 0 Å². The number of ether oxygens (including phenoxy) is 1. The van der Waals surface area contributed by atoms with E-state index in [4.69, 9.17) is 14.7 Å². The zero-order valence-electron chi connectivity index (χ0n) is 14.7. The Kier molecular flexibility index (Phi) is 4.02. The molecule has 3 heterocycles. The lowest BCUT2D eigenvalue weighted by Gasteiger charge is -2.32. The second kappa shape index (κ2) is 6.65. The van der Waals surface area contributed by atoms with Crippen LogP contribution in [-0.4, -0.2) is 40.2 Å². The molecule has 1 saturated heterocycles. The van der Waals surface area contributed by atoms with E-state index >= 15 is 0 Å². The average molecular weight is 346 g/mol. The second-order valence-corrected chi connectivity index (χ2v) is 7.08. The predicted octanol–water partition coefficient (Wildman–Crippen LogP) is 3.84. The quantitative estimate of drug-likeness (QED) is 0.706. The van der Waals surface area contributed by atoms with Crippen LogP contribution in [-0.2, 0) is 4.74 Å². The first kappa shape index (κ1) is 15.7. The summed E-state index contributed by atoms with van der Waals surface area (Å²) < 4.78 is 6.11. The number of anilines is 1. The van der Waals surface area contributed by atoms with E-state index in [1.54, 1.807) is 12.4 Å². The molecule has 0 unspecified atom stereocenters. The van der Waals surface area contributed by atoms with E-state index in [1.165, 1.54) is 12.8 Å². The van der Waals surface area contributed by atoms with Crippen LogP contribution < -0.4 is 4.90 Å². The molecule has 1 saturated carbocycles. The van der Waals surface area contributed by atoms with Crippen LogP contribution in [0.4, 0.5) is 5.82 Å². The Morgan fingerprint density at radius 2 is 1.85 bits per heavy atom. The SMILES string of the molecule is c1ccc2c(N3CCCO[C@@H]4CCC[C@@H]43)nc(-c3ccncc3)nc2c1. The maximum atomic E-state index is 6.11. The van der Waals surface area contributed by atoms with Gasteiger partial charge in [0.15, 0.2) is 5.82 Å². The van der Waals surface area contributed by atoms with Crippen molar-refractivity contribution in [3.63, 3.8) is 0 Å². The van der Waals surface area contributed by atoms with Crippen molar-refractivity contribution in [1.29, 1.82) is 0 Å². The van der Waals surface area contributed by atoms with Crippen LogP contribution in [0.2, 0.25) is 0 Å². The van der Waals surface area contributed by atoms with E-state index in [1.807, 2.05) is 18.2 Å². The summed E-state index contributed by atoms with van der Waals surface area (Å²) in [6, 6.07) is 12.7. The molecule has 2 fully saturated rings. The minimum atomic E-state index is 0.329. The van der Waals surface area contributed by atoms with Gasteiger partial charge in [-0.05, 0) is 49.9 Å². The molecule has 1 aliphatic heterocycles. The molecule has 5 heteroatoms. The molecule has 2 aromatic heterocycles. The Morgan fingerprint density at radius 1 is 0.962 bits per heavy atom. The van der Waals surface area contributed by atoms with E-state index in [0.29, 0.717) is 12.1 Å². The second-order valence-electron chi connectivity index (χ2n) is 7.08. The van der Waals surface area contributed by atoms with Crippen LogP contribution in [0, 0.1) is 0 Å². The molecule has 0 amide bonds. The van der Waals surface area contributed by atoms with Crippen LogP contribution in [0.5, 0.6) is 0 Å². The van der Waals surface area contributed by atoms with Crippen molar-refractivity contribution >= 4 is 16.7 Å². The predicted molar refractivity (Wildman–Crippen MR) is 102 cm³/mol. The normalized spacial score (nSPS) is 23.0. The number of rotatable bonds is 2. The Bertz CT molecular complexity index is 914. The molecule has 0 spiro atoms. The van der Waals surface area contributed by atoms with Gasteiger partial charge in [-0.25, -0.2) is 9.97 Å². The molecule has 0 radical (unpaired) electrons. The largest absolute Gasteiger partial charge is 0.376 e. The monoisotopic (exact) mass is 346 g/mol. The standard InChI is InChI=1S/C21H22N4O/c1-2-6-17-16(5-1)21(24-20(23-17)15-9-11-22-12-10-15)25-13-4-14-26-19-8-3-7-18(19)25/h1-2,5-6,9-12,18-19H,3-4,7-8,13-14H2/t18-,19+/m0/s1. The van der Waals surface area contributed by atoms with Gasteiger partial charge in [0.25, 0.3) is 0 Å². The van der Waals surface area contributed by atoms with E-state index in [0.717, 1.165) is 54.1 Å². The summed E-state index contributed by atoms with van der Waals surface area (Å²) in [6.07, 6.45) is 8.51. The molecular weight excluding hydrogens is 324 g/mol. The van der Waals surface area contributed by atoms with Crippen LogP contribution >= 0.6 is 0 Å². The molecule has 5 rings (SSSR count). The number of hydrogen-bond donors (Lipinski definition) is 0. The summed E-state index contributed by atoms with van der Waals surface area (Å²) in [7, 11) is 0. The molecule has 26 heavy (non-hydrogen) atoms. The molecule has 2 aliphatic rings. The van der Waals surface area contributed by atoms with Gasteiger partial charge in [0, 0.05) is 36.5 Å². The van der Waals surface area contributed by atoms with Crippen LogP contribution in [0.25, 0.3) is 22.3 Å². The van der Waals surface area contributed by atoms with Crippen molar-refractivity contribution in [3.8, 4) is 11.4 Å². The molecule has 0 bridgehead atoms. The highest BCUT2D eigenvalue weighted by Gasteiger charge is 2.36. The van der Waals surface area contributed by atoms with Crippen LogP contribution in [0.3, 0.4) is 0 Å². The number of benzene rings is 1. The Morgan fingerprint density at radius 3 is 2.77 bits per heavy atom. The van der Waals surface area contributed by atoms with Gasteiger partial charge in [-0.3, -0.25) is 4.98 Å². The Balaban J connectivity index is 1.68. The van der Waals surface area contributed by atoms with E-state index in [2.05, 4.69) is 28.1 Å². The third-order valence-corrected chi connectivity index (χ3v) is 5.49. The van der Waals surface area contributed by atoms with E-state index < -0.39 is 0 Å². The highest BCUT2D eigenvalue weighted by molar-refractivity contribution is 5.91. The van der Waals surface area contributed by atoms with Gasteiger partial charge in [-0.2, -0.15) is 0 Å². The molecule has 5 nitrogen and oxygen atoms in total. The van der Waals surface area contributed by atoms with Gasteiger partial charge in [0.2, 0.25) is 0 Å². The number of fused-ring (bicyclic) bond motifs is 2. The number of para-hydroxylation sites is 1. The third-order valence-electron chi connectivity index (χ3n) is 5.49. The Labute approximate surface area is 153 Å². The Hall–Kier alpha value is -2.53. The first-order valence-electron chi connectivity index (χ1n) is 9.45. The maximum Gasteiger partial charge on any atom is 0.162 e. The molecular formula is C21H22N4O. The van der Waals surface area contributed by atoms with Crippen molar-refractivity contribution in [2.45, 2.75) is 37.8 Å². The summed E-state index contributed by atoms with van der Waals surface area (Å²) in [5, 5.41) is 1.12. The van der Waals surface area contributed by atoms with Crippen molar-refractivity contribution in [2.75, 3.05) is 18.1 Å².